The molecule has 1 fully saturated rings. The molecule has 0 spiro atoms. The number of amides is 4. The monoisotopic (exact) mass is 507 g/mol. The van der Waals surface area contributed by atoms with Gasteiger partial charge in [0.05, 0.1) is 24.0 Å². The second kappa shape index (κ2) is 9.34. The minimum Gasteiger partial charge on any atom is -0.496 e. The van der Waals surface area contributed by atoms with Crippen LogP contribution in [-0.2, 0) is 9.59 Å². The molecule has 0 aromatic heterocycles. The maximum atomic E-state index is 13.7. The number of para-hydroxylation sites is 2. The van der Waals surface area contributed by atoms with Crippen LogP contribution in [0.3, 0.4) is 0 Å². The number of allylic oxidation sites excluding steroid dienone is 1. The molecule has 3 aromatic rings. The summed E-state index contributed by atoms with van der Waals surface area (Å²) in [6.45, 7) is 6.31. The molecule has 0 bridgehead atoms. The molecule has 2 heterocycles. The number of hydrogen-bond donors (Lipinski definition) is 0. The van der Waals surface area contributed by atoms with Gasteiger partial charge in [0.25, 0.3) is 11.8 Å². The van der Waals surface area contributed by atoms with E-state index in [-0.39, 0.29) is 11.1 Å². The molecule has 0 unspecified atom stereocenters. The zero-order valence-electron chi connectivity index (χ0n) is 22.1. The van der Waals surface area contributed by atoms with Crippen molar-refractivity contribution in [2.75, 3.05) is 28.9 Å². The SMILES string of the molecule is COc1cc2c(cc1C=C1C(=O)N(c3ccccc3)C(=O)N(c3ccccc3)C1=O)C(C)=CC(C)(C)N2C. The van der Waals surface area contributed by atoms with E-state index in [4.69, 9.17) is 4.74 Å². The number of fused-ring (bicyclic) bond motifs is 1. The van der Waals surface area contributed by atoms with Gasteiger partial charge < -0.3 is 9.64 Å². The molecule has 38 heavy (non-hydrogen) atoms. The van der Waals surface area contributed by atoms with E-state index in [9.17, 15) is 14.4 Å². The second-order valence-electron chi connectivity index (χ2n) is 9.94. The van der Waals surface area contributed by atoms with Crippen LogP contribution in [0.15, 0.2) is 84.4 Å². The number of likely N-dealkylation sites (N-methyl/N-ethyl adjacent to an activating group) is 1. The normalized spacial score (nSPS) is 16.9. The summed E-state index contributed by atoms with van der Waals surface area (Å²) in [6, 6.07) is 20.3. The Morgan fingerprint density at radius 3 is 1.84 bits per heavy atom. The highest BCUT2D eigenvalue weighted by Gasteiger charge is 2.44. The Morgan fingerprint density at radius 2 is 1.34 bits per heavy atom. The first-order chi connectivity index (χ1) is 18.1. The van der Waals surface area contributed by atoms with E-state index in [1.165, 1.54) is 6.08 Å². The fraction of sp³-hybridized carbons (Fsp3) is 0.194. The number of hydrogen-bond acceptors (Lipinski definition) is 5. The van der Waals surface area contributed by atoms with Gasteiger partial charge in [-0.3, -0.25) is 9.59 Å². The van der Waals surface area contributed by atoms with Gasteiger partial charge in [0.1, 0.15) is 11.3 Å². The van der Waals surface area contributed by atoms with E-state index in [0.29, 0.717) is 22.7 Å². The van der Waals surface area contributed by atoms with Gasteiger partial charge in [0.15, 0.2) is 0 Å². The summed E-state index contributed by atoms with van der Waals surface area (Å²) in [5.41, 5.74) is 4.04. The molecule has 192 valence electrons. The lowest BCUT2D eigenvalue weighted by molar-refractivity contribution is -0.121. The largest absolute Gasteiger partial charge is 0.496 e. The fourth-order valence-corrected chi connectivity index (χ4v) is 4.98. The minimum atomic E-state index is -0.727. The predicted molar refractivity (Wildman–Crippen MR) is 150 cm³/mol. The molecular weight excluding hydrogens is 478 g/mol. The van der Waals surface area contributed by atoms with Crippen LogP contribution in [0.1, 0.15) is 31.9 Å². The molecule has 0 atom stereocenters. The molecule has 2 aliphatic heterocycles. The minimum absolute atomic E-state index is 0.137. The number of barbiturate groups is 1. The van der Waals surface area contributed by atoms with Crippen LogP contribution in [0.5, 0.6) is 5.75 Å². The third-order valence-corrected chi connectivity index (χ3v) is 7.15. The zero-order valence-corrected chi connectivity index (χ0v) is 22.1. The Balaban J connectivity index is 1.69. The summed E-state index contributed by atoms with van der Waals surface area (Å²) in [5.74, 6) is -0.865. The van der Waals surface area contributed by atoms with Gasteiger partial charge in [-0.2, -0.15) is 0 Å². The molecule has 7 heteroatoms. The summed E-state index contributed by atoms with van der Waals surface area (Å²) in [4.78, 5) is 45.3. The number of anilines is 3. The number of carbonyl (C=O) groups is 3. The second-order valence-corrected chi connectivity index (χ2v) is 9.94. The van der Waals surface area contributed by atoms with Crippen molar-refractivity contribution in [1.29, 1.82) is 0 Å². The molecule has 1 saturated heterocycles. The van der Waals surface area contributed by atoms with Gasteiger partial charge in [-0.05, 0) is 62.8 Å². The van der Waals surface area contributed by atoms with Crippen LogP contribution >= 0.6 is 0 Å². The fourth-order valence-electron chi connectivity index (χ4n) is 4.98. The highest BCUT2D eigenvalue weighted by Crippen LogP contribution is 2.42. The molecule has 0 saturated carbocycles. The molecule has 5 rings (SSSR count). The number of ether oxygens (including phenoxy) is 1. The zero-order chi connectivity index (χ0) is 27.2. The maximum absolute atomic E-state index is 13.7. The van der Waals surface area contributed by atoms with E-state index in [2.05, 4.69) is 24.8 Å². The van der Waals surface area contributed by atoms with Crippen LogP contribution in [0.25, 0.3) is 11.6 Å². The smallest absolute Gasteiger partial charge is 0.343 e. The van der Waals surface area contributed by atoms with Crippen LogP contribution in [0, 0.1) is 0 Å². The van der Waals surface area contributed by atoms with Crippen molar-refractivity contribution < 1.29 is 19.1 Å². The Labute approximate surface area is 222 Å². The number of methoxy groups -OCH3 is 1. The van der Waals surface area contributed by atoms with Gasteiger partial charge in [-0.1, -0.05) is 42.5 Å². The molecular formula is C31H29N3O4. The molecule has 2 aliphatic rings. The van der Waals surface area contributed by atoms with Gasteiger partial charge >= 0.3 is 6.03 Å². The van der Waals surface area contributed by atoms with Gasteiger partial charge in [-0.25, -0.2) is 14.6 Å². The number of benzene rings is 3. The van der Waals surface area contributed by atoms with Crippen molar-refractivity contribution in [3.05, 3.63) is 95.6 Å². The van der Waals surface area contributed by atoms with E-state index in [0.717, 1.165) is 26.6 Å². The average molecular weight is 508 g/mol. The van der Waals surface area contributed by atoms with Crippen molar-refractivity contribution >= 4 is 46.6 Å². The Hall–Kier alpha value is -4.65. The molecule has 4 amide bonds. The van der Waals surface area contributed by atoms with E-state index in [1.54, 1.807) is 67.8 Å². The summed E-state index contributed by atoms with van der Waals surface area (Å²) in [7, 11) is 3.58. The predicted octanol–water partition coefficient (Wildman–Crippen LogP) is 5.91. The molecule has 0 radical (unpaired) electrons. The third-order valence-electron chi connectivity index (χ3n) is 7.15. The standard InChI is InChI=1S/C31H29N3O4/c1-20-19-31(2,3)32(4)26-18-27(38-5)21(16-24(20)26)17-25-28(35)33(22-12-8-6-9-13-22)30(37)34(29(25)36)23-14-10-7-11-15-23/h6-19H,1-5H3. The van der Waals surface area contributed by atoms with Crippen molar-refractivity contribution in [2.24, 2.45) is 0 Å². The average Bonchev–Trinajstić information content (AvgIpc) is 2.90. The van der Waals surface area contributed by atoms with E-state index in [1.807, 2.05) is 26.1 Å². The third kappa shape index (κ3) is 4.06. The van der Waals surface area contributed by atoms with Crippen molar-refractivity contribution in [2.45, 2.75) is 26.3 Å². The van der Waals surface area contributed by atoms with Gasteiger partial charge in [0, 0.05) is 29.9 Å². The Bertz CT molecular complexity index is 1440. The molecule has 0 aliphatic carbocycles. The lowest BCUT2D eigenvalue weighted by Crippen LogP contribution is -2.57. The van der Waals surface area contributed by atoms with Gasteiger partial charge in [0.2, 0.25) is 0 Å². The first-order valence-electron chi connectivity index (χ1n) is 12.3. The summed E-state index contributed by atoms with van der Waals surface area (Å²) < 4.78 is 5.71. The molecule has 0 N–H and O–H groups in total. The summed E-state index contributed by atoms with van der Waals surface area (Å²) in [5, 5.41) is 0. The van der Waals surface area contributed by atoms with Crippen LogP contribution in [0.2, 0.25) is 0 Å². The molecule has 7 nitrogen and oxygen atoms in total. The first kappa shape index (κ1) is 25.0. The van der Waals surface area contributed by atoms with Crippen LogP contribution in [0.4, 0.5) is 21.9 Å². The topological polar surface area (TPSA) is 70.2 Å². The van der Waals surface area contributed by atoms with E-state index < -0.39 is 17.8 Å². The number of nitrogens with zero attached hydrogens (tertiary/aromatic N) is 3. The summed E-state index contributed by atoms with van der Waals surface area (Å²) in [6.07, 6.45) is 3.71. The maximum Gasteiger partial charge on any atom is 0.343 e. The Morgan fingerprint density at radius 1 is 0.816 bits per heavy atom. The van der Waals surface area contributed by atoms with Crippen molar-refractivity contribution in [3.8, 4) is 5.75 Å². The molecule has 3 aromatic carbocycles. The van der Waals surface area contributed by atoms with Crippen LogP contribution < -0.4 is 19.4 Å². The number of urea groups is 1. The first-order valence-corrected chi connectivity index (χ1v) is 12.3. The van der Waals surface area contributed by atoms with Crippen molar-refractivity contribution in [1.82, 2.24) is 0 Å². The summed E-state index contributed by atoms with van der Waals surface area (Å²) >= 11 is 0. The number of rotatable bonds is 4. The highest BCUT2D eigenvalue weighted by atomic mass is 16.5. The quantitative estimate of drug-likeness (QED) is 0.324. The lowest BCUT2D eigenvalue weighted by atomic mass is 9.88. The highest BCUT2D eigenvalue weighted by molar-refractivity contribution is 6.46. The van der Waals surface area contributed by atoms with Crippen LogP contribution in [-0.4, -0.2) is 37.5 Å². The van der Waals surface area contributed by atoms with E-state index >= 15 is 0 Å². The van der Waals surface area contributed by atoms with Gasteiger partial charge in [-0.15, -0.1) is 0 Å². The van der Waals surface area contributed by atoms with Crippen molar-refractivity contribution in [3.63, 3.8) is 0 Å². The number of imide groups is 2. The number of carbonyl (C=O) groups excluding carboxylic acids is 3. The Kier molecular flexibility index (Phi) is 6.15. The lowest BCUT2D eigenvalue weighted by Gasteiger charge is -2.41.